The van der Waals surface area contributed by atoms with Crippen LogP contribution in [0.15, 0.2) is 24.3 Å². The number of quaternary nitrogens is 1. The van der Waals surface area contributed by atoms with Crippen LogP contribution in [0.3, 0.4) is 0 Å². The minimum atomic E-state index is -0.313. The smallest absolute Gasteiger partial charge is 0.333 e. The Balaban J connectivity index is -0.000000212. The van der Waals surface area contributed by atoms with Crippen molar-refractivity contribution >= 4 is 27.9 Å². The van der Waals surface area contributed by atoms with Crippen LogP contribution in [0.4, 0.5) is 0 Å². The van der Waals surface area contributed by atoms with E-state index in [2.05, 4.69) is 57.0 Å². The summed E-state index contributed by atoms with van der Waals surface area (Å²) >= 11 is 3.46. The highest BCUT2D eigenvalue weighted by molar-refractivity contribution is 9.09. The summed E-state index contributed by atoms with van der Waals surface area (Å²) in [5, 5.41) is 1.18. The van der Waals surface area contributed by atoms with Crippen LogP contribution < -0.4 is 17.0 Å². The molecule has 0 aliphatic rings. The highest BCUT2D eigenvalue weighted by Gasteiger charge is 2.15. The monoisotopic (exact) mass is 826 g/mol. The van der Waals surface area contributed by atoms with Crippen LogP contribution >= 0.6 is 15.9 Å². The molecule has 296 valence electrons. The zero-order valence-electron chi connectivity index (χ0n) is 33.1. The number of ether oxygens (including phenoxy) is 2. The molecule has 0 atom stereocenters. The second-order valence-corrected chi connectivity index (χ2v) is 14.9. The molecule has 0 N–H and O–H groups in total. The zero-order chi connectivity index (χ0) is 36.2. The maximum Gasteiger partial charge on any atom is 0.333 e. The fourth-order valence-electron chi connectivity index (χ4n) is 4.67. The first-order valence-electron chi connectivity index (χ1n) is 19.0. The van der Waals surface area contributed by atoms with Gasteiger partial charge in [0.15, 0.2) is 0 Å². The molecule has 49 heavy (non-hydrogen) atoms. The number of carbonyl (C=O) groups is 2. The molecule has 0 spiro atoms. The zero-order valence-corrected chi connectivity index (χ0v) is 36.3. The average molecular weight is 829 g/mol. The summed E-state index contributed by atoms with van der Waals surface area (Å²) in [7, 11) is 8.27. The number of hydrogen-bond acceptors (Lipinski definition) is 5. The van der Waals surface area contributed by atoms with Crippen molar-refractivity contribution in [2.24, 2.45) is 0 Å². The summed E-state index contributed by atoms with van der Waals surface area (Å²) in [6.45, 7) is 18.6. The molecule has 0 heterocycles. The van der Waals surface area contributed by atoms with E-state index in [1.807, 2.05) is 19.0 Å². The number of esters is 2. The molecular formula is C41H84Br2N2O4. The molecule has 0 saturated heterocycles. The molecule has 0 aliphatic heterocycles. The van der Waals surface area contributed by atoms with Gasteiger partial charge in [0.25, 0.3) is 0 Å². The number of nitrogens with zero attached hydrogens (tertiary/aromatic N) is 2. The number of unbranched alkanes of at least 4 members (excludes halogenated alkanes) is 18. The SMILES string of the molecule is C.C=C(C)C(=O)OCCN(C)C.C=C(C)C(=O)OCC[N+](C)(C)CCCCCCCCCCCC.CCCCCCCCCCCCBr.[Br-]. The molecule has 0 aromatic heterocycles. The normalized spacial score (nSPS) is 10.4. The number of likely N-dealkylation sites (N-methyl/N-ethyl adjacent to an activating group) is 2. The molecule has 0 amide bonds. The molecule has 6 nitrogen and oxygen atoms in total. The Morgan fingerprint density at radius 2 is 0.918 bits per heavy atom. The standard InChI is InChI=1S/C20H40NO2.C12H25Br.C8H15NO2.CH4.BrH/c1-6-7-8-9-10-11-12-13-14-15-16-21(4,5)17-18-23-20(22)19(2)3;1-2-3-4-5-6-7-8-9-10-11-12-13;1-7(2)8(10)11-6-5-9(3)4;;/h2,6-18H2,1,3-5H3;2-12H2,1H3;1,5-6H2,2-4H3;1H4;1H/q+1;;;;/p-1. The molecule has 0 aliphatic carbocycles. The summed E-state index contributed by atoms with van der Waals surface area (Å²) in [5.41, 5.74) is 0.925. The van der Waals surface area contributed by atoms with E-state index < -0.39 is 0 Å². The predicted octanol–water partition coefficient (Wildman–Crippen LogP) is 8.71. The Kier molecular flexibility index (Phi) is 51.1. The van der Waals surface area contributed by atoms with Gasteiger partial charge in [-0.3, -0.25) is 0 Å². The van der Waals surface area contributed by atoms with Crippen LogP contribution in [0, 0.1) is 0 Å². The first-order valence-corrected chi connectivity index (χ1v) is 20.1. The Bertz CT molecular complexity index is 735. The van der Waals surface area contributed by atoms with Crippen molar-refractivity contribution in [1.29, 1.82) is 0 Å². The lowest BCUT2D eigenvalue weighted by Gasteiger charge is -2.29. The lowest BCUT2D eigenvalue weighted by molar-refractivity contribution is -0.890. The van der Waals surface area contributed by atoms with Gasteiger partial charge in [-0.25, -0.2) is 9.59 Å². The van der Waals surface area contributed by atoms with E-state index in [4.69, 9.17) is 9.47 Å². The number of carbonyl (C=O) groups excluding carboxylic acids is 2. The van der Waals surface area contributed by atoms with Gasteiger partial charge in [0.2, 0.25) is 0 Å². The molecule has 0 unspecified atom stereocenters. The fourth-order valence-corrected chi connectivity index (χ4v) is 5.07. The van der Waals surface area contributed by atoms with Gasteiger partial charge in [-0.2, -0.15) is 0 Å². The van der Waals surface area contributed by atoms with E-state index >= 15 is 0 Å². The van der Waals surface area contributed by atoms with Gasteiger partial charge < -0.3 is 35.8 Å². The number of halogens is 2. The Hall–Kier alpha value is -0.700. The van der Waals surface area contributed by atoms with Crippen LogP contribution in [-0.2, 0) is 19.1 Å². The summed E-state index contributed by atoms with van der Waals surface area (Å²) in [4.78, 5) is 24.1. The van der Waals surface area contributed by atoms with Crippen LogP contribution in [0.25, 0.3) is 0 Å². The summed E-state index contributed by atoms with van der Waals surface area (Å²) in [6.07, 6.45) is 28.0. The number of rotatable bonds is 29. The average Bonchev–Trinajstić information content (AvgIpc) is 3.01. The van der Waals surface area contributed by atoms with Gasteiger partial charge >= 0.3 is 11.9 Å². The molecule has 0 radical (unpaired) electrons. The Morgan fingerprint density at radius 1 is 0.592 bits per heavy atom. The quantitative estimate of drug-likeness (QED) is 0.0249. The molecule has 0 fully saturated rings. The minimum absolute atomic E-state index is 0. The lowest BCUT2D eigenvalue weighted by atomic mass is 10.1. The largest absolute Gasteiger partial charge is 1.00 e. The second kappa shape index (κ2) is 43.5. The maximum absolute atomic E-state index is 11.3. The summed E-state index contributed by atoms with van der Waals surface area (Å²) in [6, 6.07) is 0. The molecule has 0 bridgehead atoms. The lowest BCUT2D eigenvalue weighted by Crippen LogP contribution is -3.00. The van der Waals surface area contributed by atoms with Gasteiger partial charge in [0.05, 0.1) is 20.6 Å². The predicted molar refractivity (Wildman–Crippen MR) is 216 cm³/mol. The fraction of sp³-hybridized carbons (Fsp3) is 0.854. The van der Waals surface area contributed by atoms with Crippen LogP contribution in [-0.4, -0.2) is 87.7 Å². The van der Waals surface area contributed by atoms with Crippen molar-refractivity contribution in [1.82, 2.24) is 4.90 Å². The third-order valence-electron chi connectivity index (χ3n) is 8.00. The number of alkyl halides is 1. The van der Waals surface area contributed by atoms with Crippen molar-refractivity contribution < 1.29 is 40.5 Å². The van der Waals surface area contributed by atoms with E-state index in [1.165, 1.54) is 134 Å². The van der Waals surface area contributed by atoms with E-state index in [9.17, 15) is 9.59 Å². The topological polar surface area (TPSA) is 55.8 Å². The minimum Gasteiger partial charge on any atom is -1.00 e. The maximum atomic E-state index is 11.3. The van der Waals surface area contributed by atoms with Crippen molar-refractivity contribution in [3.8, 4) is 0 Å². The first-order chi connectivity index (χ1) is 22.3. The molecule has 8 heteroatoms. The molecule has 0 rings (SSSR count). The Morgan fingerprint density at radius 3 is 1.24 bits per heavy atom. The van der Waals surface area contributed by atoms with Gasteiger partial charge in [-0.15, -0.1) is 0 Å². The third-order valence-corrected chi connectivity index (χ3v) is 8.56. The van der Waals surface area contributed by atoms with Crippen LogP contribution in [0.5, 0.6) is 0 Å². The number of hydrogen-bond donors (Lipinski definition) is 0. The van der Waals surface area contributed by atoms with E-state index in [1.54, 1.807) is 13.8 Å². The summed E-state index contributed by atoms with van der Waals surface area (Å²) in [5.74, 6) is -0.587. The van der Waals surface area contributed by atoms with Gasteiger partial charge in [-0.1, -0.05) is 160 Å². The molecular weight excluding hydrogens is 744 g/mol. The highest BCUT2D eigenvalue weighted by Crippen LogP contribution is 2.12. The molecule has 0 aromatic rings. The first kappa shape index (κ1) is 57.6. The van der Waals surface area contributed by atoms with Crippen LogP contribution in [0.1, 0.15) is 164 Å². The van der Waals surface area contributed by atoms with Crippen LogP contribution in [0.2, 0.25) is 0 Å². The van der Waals surface area contributed by atoms with E-state index in [-0.39, 0.29) is 36.3 Å². The van der Waals surface area contributed by atoms with Crippen molar-refractivity contribution in [2.45, 2.75) is 164 Å². The third kappa shape index (κ3) is 51.8. The van der Waals surface area contributed by atoms with Crippen molar-refractivity contribution in [2.75, 3.05) is 66.4 Å². The van der Waals surface area contributed by atoms with Gasteiger partial charge in [0.1, 0.15) is 19.8 Å². The Labute approximate surface area is 326 Å². The van der Waals surface area contributed by atoms with Gasteiger partial charge in [-0.05, 0) is 47.2 Å². The van der Waals surface area contributed by atoms with Crippen molar-refractivity contribution in [3.05, 3.63) is 24.3 Å². The highest BCUT2D eigenvalue weighted by atomic mass is 79.9. The molecule has 0 aromatic carbocycles. The van der Waals surface area contributed by atoms with Crippen molar-refractivity contribution in [3.63, 3.8) is 0 Å². The van der Waals surface area contributed by atoms with E-state index in [0.717, 1.165) is 24.1 Å². The second-order valence-electron chi connectivity index (χ2n) is 14.1. The molecule has 0 saturated carbocycles. The summed E-state index contributed by atoms with van der Waals surface area (Å²) < 4.78 is 10.9. The van der Waals surface area contributed by atoms with E-state index in [0.29, 0.717) is 24.4 Å². The van der Waals surface area contributed by atoms with Gasteiger partial charge in [0, 0.05) is 23.0 Å².